The molecule has 5 heteroatoms. The van der Waals surface area contributed by atoms with Crippen molar-refractivity contribution < 1.29 is 4.39 Å². The molecule has 1 fully saturated rings. The van der Waals surface area contributed by atoms with E-state index in [1.54, 1.807) is 12.1 Å². The number of benzene rings is 1. The monoisotopic (exact) mass is 405 g/mol. The summed E-state index contributed by atoms with van der Waals surface area (Å²) in [4.78, 5) is 6.62. The van der Waals surface area contributed by atoms with Crippen molar-refractivity contribution in [2.24, 2.45) is 16.6 Å². The summed E-state index contributed by atoms with van der Waals surface area (Å²) in [6.07, 6.45) is 4.21. The highest BCUT2D eigenvalue weighted by Gasteiger charge is 2.17. The van der Waals surface area contributed by atoms with Gasteiger partial charge in [0.05, 0.1) is 0 Å². The minimum atomic E-state index is -0.173. The third-order valence-corrected chi connectivity index (χ3v) is 3.77. The van der Waals surface area contributed by atoms with Crippen LogP contribution in [0, 0.1) is 11.7 Å². The zero-order valence-corrected chi connectivity index (χ0v) is 14.9. The van der Waals surface area contributed by atoms with E-state index in [2.05, 4.69) is 16.8 Å². The van der Waals surface area contributed by atoms with Crippen molar-refractivity contribution in [3.63, 3.8) is 0 Å². The lowest BCUT2D eigenvalue weighted by atomic mass is 10.0. The standard InChI is InChI=1S/C16H24FN3.HI/c1-13-5-4-10-20(12-13)16(18)19-9-3-7-14-6-2-8-15(17)11-14;/h2,6,8,11,13H,3-5,7,9-10,12H2,1H3,(H2,18,19);1H. The molecular formula is C16H25FIN3. The van der Waals surface area contributed by atoms with Gasteiger partial charge in [0.1, 0.15) is 5.82 Å². The lowest BCUT2D eigenvalue weighted by molar-refractivity contribution is 0.270. The van der Waals surface area contributed by atoms with Gasteiger partial charge in [0.25, 0.3) is 0 Å². The minimum Gasteiger partial charge on any atom is -0.370 e. The quantitative estimate of drug-likeness (QED) is 0.361. The molecule has 0 radical (unpaired) electrons. The lowest BCUT2D eigenvalue weighted by Gasteiger charge is -2.31. The maximum absolute atomic E-state index is 13.0. The van der Waals surface area contributed by atoms with Crippen LogP contribution in [0.4, 0.5) is 4.39 Å². The molecular weight excluding hydrogens is 380 g/mol. The normalized spacial score (nSPS) is 19.2. The number of guanidine groups is 1. The molecule has 1 heterocycles. The molecule has 1 aliphatic rings. The smallest absolute Gasteiger partial charge is 0.191 e. The van der Waals surface area contributed by atoms with Gasteiger partial charge in [-0.2, -0.15) is 0 Å². The Morgan fingerprint density at radius 2 is 2.29 bits per heavy atom. The molecule has 0 aromatic heterocycles. The van der Waals surface area contributed by atoms with Gasteiger partial charge in [0, 0.05) is 19.6 Å². The summed E-state index contributed by atoms with van der Waals surface area (Å²) < 4.78 is 13.0. The maximum atomic E-state index is 13.0. The Balaban J connectivity index is 0.00000220. The van der Waals surface area contributed by atoms with Crippen LogP contribution < -0.4 is 5.73 Å². The van der Waals surface area contributed by atoms with Gasteiger partial charge in [-0.15, -0.1) is 24.0 Å². The van der Waals surface area contributed by atoms with Gasteiger partial charge in [-0.25, -0.2) is 4.39 Å². The van der Waals surface area contributed by atoms with E-state index in [9.17, 15) is 4.39 Å². The van der Waals surface area contributed by atoms with Crippen LogP contribution in [0.1, 0.15) is 31.7 Å². The minimum absolute atomic E-state index is 0. The molecule has 1 unspecified atom stereocenters. The number of aryl methyl sites for hydroxylation is 1. The topological polar surface area (TPSA) is 41.6 Å². The first-order chi connectivity index (χ1) is 9.65. The molecule has 1 aromatic carbocycles. The third kappa shape index (κ3) is 6.20. The molecule has 1 saturated heterocycles. The molecule has 0 bridgehead atoms. The number of hydrogen-bond acceptors (Lipinski definition) is 1. The second-order valence-electron chi connectivity index (χ2n) is 5.67. The van der Waals surface area contributed by atoms with Crippen LogP contribution in [-0.4, -0.2) is 30.5 Å². The van der Waals surface area contributed by atoms with Crippen LogP contribution in [-0.2, 0) is 6.42 Å². The van der Waals surface area contributed by atoms with Crippen LogP contribution in [0.15, 0.2) is 29.3 Å². The number of hydrogen-bond donors (Lipinski definition) is 1. The fraction of sp³-hybridized carbons (Fsp3) is 0.562. The Hall–Kier alpha value is -0.850. The second kappa shape index (κ2) is 9.23. The Bertz CT molecular complexity index is 465. The van der Waals surface area contributed by atoms with Crippen molar-refractivity contribution in [1.82, 2.24) is 4.90 Å². The largest absolute Gasteiger partial charge is 0.370 e. The summed E-state index contributed by atoms with van der Waals surface area (Å²) >= 11 is 0. The van der Waals surface area contributed by atoms with Crippen molar-refractivity contribution >= 4 is 29.9 Å². The van der Waals surface area contributed by atoms with Gasteiger partial charge in [-0.05, 0) is 49.3 Å². The predicted octanol–water partition coefficient (Wildman–Crippen LogP) is 3.42. The van der Waals surface area contributed by atoms with Crippen molar-refractivity contribution in [3.8, 4) is 0 Å². The predicted molar refractivity (Wildman–Crippen MR) is 96.6 cm³/mol. The number of piperidine rings is 1. The Morgan fingerprint density at radius 3 is 3.00 bits per heavy atom. The van der Waals surface area contributed by atoms with E-state index >= 15 is 0 Å². The first-order valence-electron chi connectivity index (χ1n) is 7.44. The Kier molecular flexibility index (Phi) is 8.00. The summed E-state index contributed by atoms with van der Waals surface area (Å²) in [6, 6.07) is 6.75. The molecule has 1 atom stereocenters. The molecule has 1 aromatic rings. The highest BCUT2D eigenvalue weighted by Crippen LogP contribution is 2.15. The summed E-state index contributed by atoms with van der Waals surface area (Å²) in [5.74, 6) is 1.19. The lowest BCUT2D eigenvalue weighted by Crippen LogP contribution is -2.43. The Morgan fingerprint density at radius 1 is 1.48 bits per heavy atom. The molecule has 21 heavy (non-hydrogen) atoms. The zero-order valence-electron chi connectivity index (χ0n) is 12.6. The first kappa shape index (κ1) is 18.2. The van der Waals surface area contributed by atoms with Crippen molar-refractivity contribution in [2.75, 3.05) is 19.6 Å². The van der Waals surface area contributed by atoms with Gasteiger partial charge < -0.3 is 10.6 Å². The second-order valence-corrected chi connectivity index (χ2v) is 5.67. The number of halogens is 2. The number of likely N-dealkylation sites (tertiary alicyclic amines) is 1. The SMILES string of the molecule is CC1CCCN(C(N)=NCCCc2cccc(F)c2)C1.I. The molecule has 0 aliphatic carbocycles. The van der Waals surface area contributed by atoms with Crippen molar-refractivity contribution in [2.45, 2.75) is 32.6 Å². The molecule has 1 aliphatic heterocycles. The number of nitrogens with zero attached hydrogens (tertiary/aromatic N) is 2. The summed E-state index contributed by atoms with van der Waals surface area (Å²) in [7, 11) is 0. The van der Waals surface area contributed by atoms with Crippen LogP contribution >= 0.6 is 24.0 Å². The molecule has 2 N–H and O–H groups in total. The van der Waals surface area contributed by atoms with Crippen molar-refractivity contribution in [3.05, 3.63) is 35.6 Å². The van der Waals surface area contributed by atoms with E-state index in [4.69, 9.17) is 5.73 Å². The van der Waals surface area contributed by atoms with E-state index in [0.29, 0.717) is 18.4 Å². The number of nitrogens with two attached hydrogens (primary N) is 1. The average molecular weight is 405 g/mol. The number of rotatable bonds is 4. The van der Waals surface area contributed by atoms with Gasteiger partial charge >= 0.3 is 0 Å². The third-order valence-electron chi connectivity index (χ3n) is 3.77. The van der Waals surface area contributed by atoms with Gasteiger partial charge in [-0.1, -0.05) is 19.1 Å². The fourth-order valence-electron chi connectivity index (χ4n) is 2.67. The van der Waals surface area contributed by atoms with E-state index < -0.39 is 0 Å². The van der Waals surface area contributed by atoms with Crippen molar-refractivity contribution in [1.29, 1.82) is 0 Å². The summed E-state index contributed by atoms with van der Waals surface area (Å²) in [6.45, 7) is 4.99. The molecule has 3 nitrogen and oxygen atoms in total. The maximum Gasteiger partial charge on any atom is 0.191 e. The van der Waals surface area contributed by atoms with Crippen LogP contribution in [0.3, 0.4) is 0 Å². The van der Waals surface area contributed by atoms with E-state index in [1.807, 2.05) is 6.07 Å². The van der Waals surface area contributed by atoms with E-state index in [1.165, 1.54) is 18.9 Å². The van der Waals surface area contributed by atoms with Gasteiger partial charge in [0.15, 0.2) is 5.96 Å². The van der Waals surface area contributed by atoms with Gasteiger partial charge in [-0.3, -0.25) is 4.99 Å². The Labute approximate surface area is 143 Å². The first-order valence-corrected chi connectivity index (χ1v) is 7.44. The molecule has 0 spiro atoms. The van der Waals surface area contributed by atoms with E-state index in [-0.39, 0.29) is 29.8 Å². The molecule has 0 saturated carbocycles. The summed E-state index contributed by atoms with van der Waals surface area (Å²) in [5, 5.41) is 0. The molecule has 118 valence electrons. The fourth-order valence-corrected chi connectivity index (χ4v) is 2.67. The average Bonchev–Trinajstić information content (AvgIpc) is 2.43. The van der Waals surface area contributed by atoms with E-state index in [0.717, 1.165) is 31.5 Å². The molecule has 2 rings (SSSR count). The number of aliphatic imine (C=N–C) groups is 1. The van der Waals surface area contributed by atoms with Crippen LogP contribution in [0.2, 0.25) is 0 Å². The van der Waals surface area contributed by atoms with Crippen LogP contribution in [0.5, 0.6) is 0 Å². The zero-order chi connectivity index (χ0) is 14.4. The highest BCUT2D eigenvalue weighted by molar-refractivity contribution is 14.0. The van der Waals surface area contributed by atoms with Gasteiger partial charge in [0.2, 0.25) is 0 Å². The summed E-state index contributed by atoms with van der Waals surface area (Å²) in [5.41, 5.74) is 7.05. The highest BCUT2D eigenvalue weighted by atomic mass is 127. The molecule has 0 amide bonds. The van der Waals surface area contributed by atoms with Crippen LogP contribution in [0.25, 0.3) is 0 Å².